The number of hydrogen-bond donors (Lipinski definition) is 0. The number of hydrogen-bond acceptors (Lipinski definition) is 8. The van der Waals surface area contributed by atoms with Gasteiger partial charge < -0.3 is 19.6 Å². The molecule has 0 amide bonds. The summed E-state index contributed by atoms with van der Waals surface area (Å²) in [5.74, 6) is 0. The number of aromatic nitrogens is 4. The summed E-state index contributed by atoms with van der Waals surface area (Å²) in [5.41, 5.74) is 22.1. The van der Waals surface area contributed by atoms with Crippen molar-refractivity contribution in [2.45, 2.75) is 107 Å². The Morgan fingerprint density at radius 1 is 0.250 bits per heavy atom. The Morgan fingerprint density at radius 3 is 0.655 bits per heavy atom. The van der Waals surface area contributed by atoms with Crippen LogP contribution in [0.15, 0.2) is 207 Å². The second-order valence-electron chi connectivity index (χ2n) is 21.5. The molecule has 0 aliphatic heterocycles. The first-order valence-corrected chi connectivity index (χ1v) is 30.5. The third kappa shape index (κ3) is 9.63. The molecule has 0 bridgehead atoms. The fraction of sp³-hybridized carbons (Fsp3) is 0.211. The SMILES string of the molecule is CCc1ccnc(CC)c1N(c1ccccc1)c1cc(N(c2ccccc2)c2c(CC)ccnc2CC)c2ccc3c(N(c4ccccc4)c4c(CC)ccnc4CC)cc(N(c4ccccc4)c4c(CC)ccnc4CC)c4ccc1c2c43. The van der Waals surface area contributed by atoms with Gasteiger partial charge in [-0.1, -0.05) is 152 Å². The van der Waals surface area contributed by atoms with E-state index in [9.17, 15) is 0 Å². The Kier molecular flexibility index (Phi) is 15.9. The molecule has 0 atom stereocenters. The lowest BCUT2D eigenvalue weighted by molar-refractivity contribution is 0.987. The highest BCUT2D eigenvalue weighted by atomic mass is 15.2. The van der Waals surface area contributed by atoms with Gasteiger partial charge in [0.1, 0.15) is 0 Å². The third-order valence-electron chi connectivity index (χ3n) is 16.9. The molecular weight excluding hydrogens is 1020 g/mol. The molecule has 4 aromatic heterocycles. The summed E-state index contributed by atoms with van der Waals surface area (Å²) in [7, 11) is 0. The van der Waals surface area contributed by atoms with Crippen molar-refractivity contribution < 1.29 is 0 Å². The van der Waals surface area contributed by atoms with Crippen LogP contribution in [0.25, 0.3) is 32.3 Å². The second kappa shape index (κ2) is 24.2. The first-order valence-electron chi connectivity index (χ1n) is 30.5. The number of pyridine rings is 4. The van der Waals surface area contributed by atoms with E-state index in [1.54, 1.807) is 0 Å². The van der Waals surface area contributed by atoms with Crippen molar-refractivity contribution in [3.63, 3.8) is 0 Å². The van der Waals surface area contributed by atoms with E-state index < -0.39 is 0 Å². The van der Waals surface area contributed by atoms with Crippen LogP contribution in [0, 0.1) is 0 Å². The Bertz CT molecular complexity index is 3630. The molecule has 0 unspecified atom stereocenters. The molecule has 84 heavy (non-hydrogen) atoms. The molecule has 0 aliphatic rings. The Labute approximate surface area is 496 Å². The summed E-state index contributed by atoms with van der Waals surface area (Å²) >= 11 is 0. The summed E-state index contributed by atoms with van der Waals surface area (Å²) < 4.78 is 0. The largest absolute Gasteiger partial charge is 0.308 e. The predicted molar refractivity (Wildman–Crippen MR) is 355 cm³/mol. The maximum atomic E-state index is 5.19. The average molecular weight is 1100 g/mol. The van der Waals surface area contributed by atoms with Gasteiger partial charge in [0, 0.05) is 79.9 Å². The van der Waals surface area contributed by atoms with Crippen LogP contribution in [0.5, 0.6) is 0 Å². The highest BCUT2D eigenvalue weighted by Crippen LogP contribution is 2.56. The second-order valence-corrected chi connectivity index (χ2v) is 21.5. The van der Waals surface area contributed by atoms with Gasteiger partial charge in [-0.25, -0.2) is 0 Å². The average Bonchev–Trinajstić information content (AvgIpc) is 0.944. The Balaban J connectivity index is 1.36. The number of anilines is 12. The summed E-state index contributed by atoms with van der Waals surface area (Å²) in [6.07, 6.45) is 14.3. The zero-order chi connectivity index (χ0) is 57.8. The van der Waals surface area contributed by atoms with Gasteiger partial charge in [0.15, 0.2) is 0 Å². The van der Waals surface area contributed by atoms with Crippen molar-refractivity contribution in [3.8, 4) is 0 Å². The summed E-state index contributed by atoms with van der Waals surface area (Å²) in [6, 6.07) is 67.3. The smallest absolute Gasteiger partial charge is 0.0709 e. The topological polar surface area (TPSA) is 64.5 Å². The zero-order valence-electron chi connectivity index (χ0n) is 49.9. The number of rotatable bonds is 20. The minimum atomic E-state index is 0.760. The van der Waals surface area contributed by atoms with Crippen molar-refractivity contribution in [2.24, 2.45) is 0 Å². The first kappa shape index (κ1) is 55.2. The van der Waals surface area contributed by atoms with Crippen molar-refractivity contribution in [3.05, 3.63) is 252 Å². The van der Waals surface area contributed by atoms with Gasteiger partial charge in [0.05, 0.1) is 68.3 Å². The maximum absolute atomic E-state index is 5.19. The van der Waals surface area contributed by atoms with Gasteiger partial charge in [-0.2, -0.15) is 0 Å². The van der Waals surface area contributed by atoms with E-state index in [4.69, 9.17) is 19.9 Å². The standard InChI is InChI=1S/C76H74N8/c1-9-51-41-45-77-63(13-5)73(51)81(55-29-21-17-22-30-55)67-49-68(82(56-31-23-18-24-32-56)74-52(10-2)42-46-78-64(74)14-6)60-39-40-62-70(84(58-35-27-20-28-36-58)76-54(12-4)44-48-80-66(76)16-8)50-69(61-38-37-59(67)71(60)72(61)62)83(57-33-25-19-26-34-57)75-53(11-3)43-47-79-65(75)15-7/h17-50H,9-16H2,1-8H3. The lowest BCUT2D eigenvalue weighted by Gasteiger charge is -2.36. The number of nitrogens with zero attached hydrogens (tertiary/aromatic N) is 8. The molecule has 4 heterocycles. The van der Waals surface area contributed by atoms with Crippen molar-refractivity contribution in [1.29, 1.82) is 0 Å². The number of aryl methyl sites for hydroxylation is 8. The van der Waals surface area contributed by atoms with Crippen molar-refractivity contribution in [2.75, 3.05) is 19.6 Å². The molecule has 418 valence electrons. The highest BCUT2D eigenvalue weighted by molar-refractivity contribution is 6.33. The number of para-hydroxylation sites is 4. The summed E-state index contributed by atoms with van der Waals surface area (Å²) in [4.78, 5) is 30.9. The molecule has 12 aromatic rings. The van der Waals surface area contributed by atoms with E-state index in [0.717, 1.165) is 164 Å². The van der Waals surface area contributed by atoms with E-state index in [1.165, 1.54) is 33.0 Å². The zero-order valence-corrected chi connectivity index (χ0v) is 49.9. The number of benzene rings is 8. The van der Waals surface area contributed by atoms with Crippen molar-refractivity contribution in [1.82, 2.24) is 19.9 Å². The molecule has 0 spiro atoms. The fourth-order valence-corrected chi connectivity index (χ4v) is 13.0. The van der Waals surface area contributed by atoms with Gasteiger partial charge >= 0.3 is 0 Å². The van der Waals surface area contributed by atoms with Crippen LogP contribution < -0.4 is 19.6 Å². The van der Waals surface area contributed by atoms with Gasteiger partial charge in [0.25, 0.3) is 0 Å². The maximum Gasteiger partial charge on any atom is 0.0709 e. The molecule has 0 N–H and O–H groups in total. The molecule has 8 heteroatoms. The molecule has 0 saturated heterocycles. The summed E-state index contributed by atoms with van der Waals surface area (Å²) in [5, 5.41) is 6.85. The molecule has 0 radical (unpaired) electrons. The molecule has 0 aliphatic carbocycles. The van der Waals surface area contributed by atoms with Gasteiger partial charge in [0.2, 0.25) is 0 Å². The molecule has 8 nitrogen and oxygen atoms in total. The van der Waals surface area contributed by atoms with Gasteiger partial charge in [-0.3, -0.25) is 19.9 Å². The van der Waals surface area contributed by atoms with E-state index >= 15 is 0 Å². The fourth-order valence-electron chi connectivity index (χ4n) is 13.0. The molecular formula is C76H74N8. The Morgan fingerprint density at radius 2 is 0.464 bits per heavy atom. The molecule has 8 aromatic carbocycles. The first-order chi connectivity index (χ1) is 41.4. The quantitative estimate of drug-likeness (QED) is 0.0700. The highest BCUT2D eigenvalue weighted by Gasteiger charge is 2.33. The van der Waals surface area contributed by atoms with Crippen LogP contribution in [0.2, 0.25) is 0 Å². The molecule has 12 rings (SSSR count). The Hall–Kier alpha value is -9.40. The van der Waals surface area contributed by atoms with E-state index in [1.807, 2.05) is 24.8 Å². The normalized spacial score (nSPS) is 11.5. The monoisotopic (exact) mass is 1100 g/mol. The van der Waals surface area contributed by atoms with E-state index in [-0.39, 0.29) is 0 Å². The van der Waals surface area contributed by atoms with Crippen LogP contribution in [-0.4, -0.2) is 19.9 Å². The van der Waals surface area contributed by atoms with Crippen LogP contribution >= 0.6 is 0 Å². The lowest BCUT2D eigenvalue weighted by atomic mass is 9.88. The van der Waals surface area contributed by atoms with E-state index in [2.05, 4.69) is 257 Å². The third-order valence-corrected chi connectivity index (χ3v) is 16.9. The van der Waals surface area contributed by atoms with Crippen LogP contribution in [-0.2, 0) is 51.4 Å². The minimum Gasteiger partial charge on any atom is -0.308 e. The van der Waals surface area contributed by atoms with Gasteiger partial charge in [-0.15, -0.1) is 0 Å². The molecule has 0 fully saturated rings. The van der Waals surface area contributed by atoms with Gasteiger partial charge in [-0.05, 0) is 159 Å². The van der Waals surface area contributed by atoms with Crippen LogP contribution in [0.1, 0.15) is 100 Å². The van der Waals surface area contributed by atoms with Crippen LogP contribution in [0.4, 0.5) is 68.2 Å². The van der Waals surface area contributed by atoms with E-state index in [0.29, 0.717) is 0 Å². The van der Waals surface area contributed by atoms with Crippen molar-refractivity contribution >= 4 is 101 Å². The molecule has 0 saturated carbocycles. The van der Waals surface area contributed by atoms with Crippen LogP contribution in [0.3, 0.4) is 0 Å². The lowest BCUT2D eigenvalue weighted by Crippen LogP contribution is -2.20. The predicted octanol–water partition coefficient (Wildman–Crippen LogP) is 20.5. The minimum absolute atomic E-state index is 0.760. The summed E-state index contributed by atoms with van der Waals surface area (Å²) in [6.45, 7) is 18.0.